The number of carbonyl (C=O) groups is 1. The highest BCUT2D eigenvalue weighted by atomic mass is 16.4. The first kappa shape index (κ1) is 13.3. The van der Waals surface area contributed by atoms with E-state index in [4.69, 9.17) is 5.11 Å². The number of aryl methyl sites for hydroxylation is 1. The normalized spacial score (nSPS) is 10.9. The molecule has 1 aromatic heterocycles. The minimum Gasteiger partial charge on any atom is -0.481 e. The van der Waals surface area contributed by atoms with Gasteiger partial charge in [0.05, 0.1) is 5.69 Å². The number of nitrogens with zero attached hydrogens (tertiary/aromatic N) is 3. The van der Waals surface area contributed by atoms with Gasteiger partial charge in [-0.15, -0.1) is 0 Å². The summed E-state index contributed by atoms with van der Waals surface area (Å²) >= 11 is 0. The van der Waals surface area contributed by atoms with Crippen LogP contribution in [0.3, 0.4) is 0 Å². The lowest BCUT2D eigenvalue weighted by atomic mass is 10.0. The SMILES string of the molecule is Cc1nc(CC(=O)O)n(-c2ccc(C(C)C)cc2)n1. The molecule has 19 heavy (non-hydrogen) atoms. The van der Waals surface area contributed by atoms with Crippen molar-refractivity contribution in [1.29, 1.82) is 0 Å². The summed E-state index contributed by atoms with van der Waals surface area (Å²) in [6.45, 7) is 6.01. The summed E-state index contributed by atoms with van der Waals surface area (Å²) in [5.74, 6) is 0.573. The van der Waals surface area contributed by atoms with Crippen LogP contribution in [0.25, 0.3) is 5.69 Å². The molecular weight excluding hydrogens is 242 g/mol. The Balaban J connectivity index is 2.38. The van der Waals surface area contributed by atoms with Crippen molar-refractivity contribution >= 4 is 5.97 Å². The minimum atomic E-state index is -0.910. The molecule has 0 amide bonds. The van der Waals surface area contributed by atoms with Crippen molar-refractivity contribution in [1.82, 2.24) is 14.8 Å². The van der Waals surface area contributed by atoms with Crippen molar-refractivity contribution in [2.24, 2.45) is 0 Å². The molecule has 100 valence electrons. The van der Waals surface area contributed by atoms with E-state index in [9.17, 15) is 4.79 Å². The van der Waals surface area contributed by atoms with Crippen molar-refractivity contribution < 1.29 is 9.90 Å². The van der Waals surface area contributed by atoms with Crippen LogP contribution >= 0.6 is 0 Å². The predicted octanol–water partition coefficient (Wildman–Crippen LogP) is 2.33. The van der Waals surface area contributed by atoms with Crippen molar-refractivity contribution in [3.63, 3.8) is 0 Å². The standard InChI is InChI=1S/C14H17N3O2/c1-9(2)11-4-6-12(7-5-11)17-13(8-14(18)19)15-10(3)16-17/h4-7,9H,8H2,1-3H3,(H,18,19). The number of carboxylic acid groups (broad SMARTS) is 1. The number of hydrogen-bond donors (Lipinski definition) is 1. The monoisotopic (exact) mass is 259 g/mol. The smallest absolute Gasteiger partial charge is 0.311 e. The summed E-state index contributed by atoms with van der Waals surface area (Å²) in [5, 5.41) is 13.1. The lowest BCUT2D eigenvalue weighted by Gasteiger charge is -2.08. The minimum absolute atomic E-state index is 0.132. The van der Waals surface area contributed by atoms with Crippen LogP contribution in [0.1, 0.15) is 37.0 Å². The Hall–Kier alpha value is -2.17. The largest absolute Gasteiger partial charge is 0.481 e. The Bertz CT molecular complexity index is 585. The second-order valence-corrected chi connectivity index (χ2v) is 4.80. The Kier molecular flexibility index (Phi) is 3.64. The van der Waals surface area contributed by atoms with Crippen LogP contribution in [0.15, 0.2) is 24.3 Å². The van der Waals surface area contributed by atoms with Gasteiger partial charge in [0.2, 0.25) is 0 Å². The van der Waals surface area contributed by atoms with Gasteiger partial charge in [0.1, 0.15) is 18.1 Å². The first-order chi connectivity index (χ1) is 8.97. The Morgan fingerprint density at radius 3 is 2.47 bits per heavy atom. The Morgan fingerprint density at radius 1 is 1.32 bits per heavy atom. The fourth-order valence-electron chi connectivity index (χ4n) is 1.92. The second-order valence-electron chi connectivity index (χ2n) is 4.80. The molecule has 0 aliphatic heterocycles. The topological polar surface area (TPSA) is 68.0 Å². The molecule has 0 saturated carbocycles. The molecule has 0 aliphatic carbocycles. The molecule has 2 aromatic rings. The van der Waals surface area contributed by atoms with Gasteiger partial charge < -0.3 is 5.11 Å². The van der Waals surface area contributed by atoms with E-state index in [1.165, 1.54) is 5.56 Å². The van der Waals surface area contributed by atoms with Crippen molar-refractivity contribution in [2.75, 3.05) is 0 Å². The zero-order valence-electron chi connectivity index (χ0n) is 11.3. The van der Waals surface area contributed by atoms with E-state index in [-0.39, 0.29) is 6.42 Å². The molecule has 0 atom stereocenters. The molecule has 0 saturated heterocycles. The first-order valence-electron chi connectivity index (χ1n) is 6.22. The lowest BCUT2D eigenvalue weighted by Crippen LogP contribution is -2.09. The number of rotatable bonds is 4. The fraction of sp³-hybridized carbons (Fsp3) is 0.357. The molecule has 0 aliphatic rings. The molecule has 1 aromatic carbocycles. The summed E-state index contributed by atoms with van der Waals surface area (Å²) in [6, 6.07) is 7.94. The molecule has 2 rings (SSSR count). The van der Waals surface area contributed by atoms with E-state index in [1.54, 1.807) is 11.6 Å². The third-order valence-electron chi connectivity index (χ3n) is 2.89. The average molecular weight is 259 g/mol. The van der Waals surface area contributed by atoms with Gasteiger partial charge in [0, 0.05) is 0 Å². The van der Waals surface area contributed by atoms with E-state index >= 15 is 0 Å². The van der Waals surface area contributed by atoms with E-state index in [1.807, 2.05) is 24.3 Å². The maximum absolute atomic E-state index is 10.8. The molecular formula is C14H17N3O2. The van der Waals surface area contributed by atoms with Crippen LogP contribution in [-0.4, -0.2) is 25.8 Å². The molecule has 0 bridgehead atoms. The third-order valence-corrected chi connectivity index (χ3v) is 2.89. The number of aliphatic carboxylic acids is 1. The first-order valence-corrected chi connectivity index (χ1v) is 6.22. The van der Waals surface area contributed by atoms with Crippen LogP contribution in [0.2, 0.25) is 0 Å². The van der Waals surface area contributed by atoms with Gasteiger partial charge in [-0.3, -0.25) is 4.79 Å². The maximum atomic E-state index is 10.8. The number of hydrogen-bond acceptors (Lipinski definition) is 3. The molecule has 0 unspecified atom stereocenters. The summed E-state index contributed by atoms with van der Waals surface area (Å²) in [5.41, 5.74) is 2.07. The zero-order chi connectivity index (χ0) is 14.0. The predicted molar refractivity (Wildman–Crippen MR) is 71.5 cm³/mol. The van der Waals surface area contributed by atoms with Gasteiger partial charge in [0.25, 0.3) is 0 Å². The average Bonchev–Trinajstić information content (AvgIpc) is 2.69. The van der Waals surface area contributed by atoms with E-state index < -0.39 is 5.97 Å². The van der Waals surface area contributed by atoms with E-state index in [0.717, 1.165) is 5.69 Å². The Morgan fingerprint density at radius 2 is 1.95 bits per heavy atom. The van der Waals surface area contributed by atoms with Crippen LogP contribution < -0.4 is 0 Å². The number of carboxylic acids is 1. The van der Waals surface area contributed by atoms with Crippen molar-refractivity contribution in [3.05, 3.63) is 41.5 Å². The second kappa shape index (κ2) is 5.22. The van der Waals surface area contributed by atoms with E-state index in [2.05, 4.69) is 23.9 Å². The van der Waals surface area contributed by atoms with Crippen LogP contribution in [-0.2, 0) is 11.2 Å². The van der Waals surface area contributed by atoms with Gasteiger partial charge in [-0.25, -0.2) is 9.67 Å². The number of benzene rings is 1. The van der Waals surface area contributed by atoms with Gasteiger partial charge >= 0.3 is 5.97 Å². The highest BCUT2D eigenvalue weighted by Crippen LogP contribution is 2.17. The van der Waals surface area contributed by atoms with Crippen LogP contribution in [0, 0.1) is 6.92 Å². The molecule has 0 fully saturated rings. The van der Waals surface area contributed by atoms with Crippen LogP contribution in [0.5, 0.6) is 0 Å². The van der Waals surface area contributed by atoms with Crippen molar-refractivity contribution in [3.8, 4) is 5.69 Å². The quantitative estimate of drug-likeness (QED) is 0.915. The number of aromatic nitrogens is 3. The molecule has 5 nitrogen and oxygen atoms in total. The lowest BCUT2D eigenvalue weighted by molar-refractivity contribution is -0.136. The molecule has 5 heteroatoms. The summed E-state index contributed by atoms with van der Waals surface area (Å²) in [6.07, 6.45) is -0.132. The highest BCUT2D eigenvalue weighted by Gasteiger charge is 2.12. The highest BCUT2D eigenvalue weighted by molar-refractivity contribution is 5.69. The molecule has 1 heterocycles. The molecule has 0 radical (unpaired) electrons. The maximum Gasteiger partial charge on any atom is 0.311 e. The van der Waals surface area contributed by atoms with E-state index in [0.29, 0.717) is 17.6 Å². The van der Waals surface area contributed by atoms with Crippen LogP contribution in [0.4, 0.5) is 0 Å². The summed E-state index contributed by atoms with van der Waals surface area (Å²) < 4.78 is 1.59. The molecule has 0 spiro atoms. The zero-order valence-corrected chi connectivity index (χ0v) is 11.3. The van der Waals surface area contributed by atoms with Gasteiger partial charge in [-0.1, -0.05) is 26.0 Å². The van der Waals surface area contributed by atoms with Gasteiger partial charge in [-0.2, -0.15) is 5.10 Å². The summed E-state index contributed by atoms with van der Waals surface area (Å²) in [4.78, 5) is 15.0. The summed E-state index contributed by atoms with van der Waals surface area (Å²) in [7, 11) is 0. The van der Waals surface area contributed by atoms with Gasteiger partial charge in [0.15, 0.2) is 0 Å². The van der Waals surface area contributed by atoms with Crippen molar-refractivity contribution in [2.45, 2.75) is 33.1 Å². The Labute approximate surface area is 111 Å². The third kappa shape index (κ3) is 2.99. The fourth-order valence-corrected chi connectivity index (χ4v) is 1.92. The van der Waals surface area contributed by atoms with Gasteiger partial charge in [-0.05, 0) is 30.5 Å². The molecule has 1 N–H and O–H groups in total.